The van der Waals surface area contributed by atoms with Crippen molar-refractivity contribution in [1.29, 1.82) is 0 Å². The maximum Gasteiger partial charge on any atom is 0.119 e. The molecule has 0 bridgehead atoms. The topological polar surface area (TPSA) is 21.3 Å². The molecule has 1 aromatic carbocycles. The van der Waals surface area contributed by atoms with Gasteiger partial charge in [0.2, 0.25) is 0 Å². The third-order valence-corrected chi connectivity index (χ3v) is 3.97. The van der Waals surface area contributed by atoms with E-state index in [1.807, 2.05) is 6.92 Å². The van der Waals surface area contributed by atoms with Crippen LogP contribution in [0.15, 0.2) is 24.3 Å². The Morgan fingerprint density at radius 1 is 0.952 bits per heavy atom. The zero-order valence-corrected chi connectivity index (χ0v) is 14.3. The fraction of sp³-hybridized carbons (Fsp3) is 0.684. The van der Waals surface area contributed by atoms with E-state index in [9.17, 15) is 0 Å². The fourth-order valence-corrected chi connectivity index (χ4v) is 2.68. The molecule has 0 heterocycles. The molecule has 2 atom stereocenters. The molecule has 0 fully saturated rings. The Labute approximate surface area is 131 Å². The van der Waals surface area contributed by atoms with Crippen molar-refractivity contribution in [1.82, 2.24) is 5.32 Å². The van der Waals surface area contributed by atoms with Gasteiger partial charge >= 0.3 is 0 Å². The fourth-order valence-electron chi connectivity index (χ4n) is 2.68. The van der Waals surface area contributed by atoms with Crippen LogP contribution in [0.2, 0.25) is 0 Å². The summed E-state index contributed by atoms with van der Waals surface area (Å²) in [6.45, 7) is 9.54. The molecular formula is C19H33NO. The third kappa shape index (κ3) is 7.52. The first-order valence-corrected chi connectivity index (χ1v) is 8.66. The molecule has 2 heteroatoms. The first kappa shape index (κ1) is 18.0. The van der Waals surface area contributed by atoms with Crippen LogP contribution in [0.1, 0.15) is 77.8 Å². The molecule has 0 aliphatic carbocycles. The van der Waals surface area contributed by atoms with Gasteiger partial charge in [-0.2, -0.15) is 0 Å². The Kier molecular flexibility index (Phi) is 9.16. The van der Waals surface area contributed by atoms with Crippen LogP contribution in [0.5, 0.6) is 5.75 Å². The van der Waals surface area contributed by atoms with E-state index >= 15 is 0 Å². The predicted molar refractivity (Wildman–Crippen MR) is 92.0 cm³/mol. The Hall–Kier alpha value is -1.02. The minimum atomic E-state index is 0.395. The second-order valence-electron chi connectivity index (χ2n) is 5.99. The van der Waals surface area contributed by atoms with E-state index in [0.29, 0.717) is 12.1 Å². The smallest absolute Gasteiger partial charge is 0.119 e. The highest BCUT2D eigenvalue weighted by Crippen LogP contribution is 2.19. The van der Waals surface area contributed by atoms with Crippen LogP contribution in [-0.2, 0) is 0 Å². The van der Waals surface area contributed by atoms with E-state index in [0.717, 1.165) is 12.4 Å². The van der Waals surface area contributed by atoms with Gasteiger partial charge in [-0.1, -0.05) is 51.2 Å². The number of ether oxygens (including phenoxy) is 1. The van der Waals surface area contributed by atoms with E-state index in [1.54, 1.807) is 0 Å². The van der Waals surface area contributed by atoms with Crippen LogP contribution in [-0.4, -0.2) is 12.6 Å². The number of nitrogens with one attached hydrogen (secondary N) is 1. The molecular weight excluding hydrogens is 258 g/mol. The lowest BCUT2D eigenvalue weighted by molar-refractivity contribution is 0.340. The van der Waals surface area contributed by atoms with E-state index < -0.39 is 0 Å². The van der Waals surface area contributed by atoms with Gasteiger partial charge in [0, 0.05) is 12.1 Å². The molecule has 0 aliphatic rings. The normalized spacial score (nSPS) is 13.9. The van der Waals surface area contributed by atoms with E-state index in [4.69, 9.17) is 4.74 Å². The summed E-state index contributed by atoms with van der Waals surface area (Å²) in [5, 5.41) is 3.70. The van der Waals surface area contributed by atoms with E-state index in [2.05, 4.69) is 50.4 Å². The molecule has 0 saturated heterocycles. The number of rotatable bonds is 11. The molecule has 0 amide bonds. The average molecular weight is 291 g/mol. The van der Waals surface area contributed by atoms with Crippen LogP contribution in [0.4, 0.5) is 0 Å². The van der Waals surface area contributed by atoms with Crippen molar-refractivity contribution >= 4 is 0 Å². The van der Waals surface area contributed by atoms with Gasteiger partial charge in [-0.3, -0.25) is 0 Å². The quantitative estimate of drug-likeness (QED) is 0.545. The van der Waals surface area contributed by atoms with Crippen LogP contribution >= 0.6 is 0 Å². The molecule has 120 valence electrons. The van der Waals surface area contributed by atoms with Crippen molar-refractivity contribution < 1.29 is 4.74 Å². The highest BCUT2D eigenvalue weighted by atomic mass is 16.5. The standard InChI is InChI=1S/C19H33NO/c1-5-7-8-9-10-11-16(3)20-17(4)18-12-14-19(15-13-18)21-6-2/h12-17,20H,5-11H2,1-4H3. The molecule has 0 spiro atoms. The minimum absolute atomic E-state index is 0.395. The molecule has 0 aliphatic heterocycles. The molecule has 0 aromatic heterocycles. The third-order valence-electron chi connectivity index (χ3n) is 3.97. The number of hydrogen-bond donors (Lipinski definition) is 1. The minimum Gasteiger partial charge on any atom is -0.494 e. The summed E-state index contributed by atoms with van der Waals surface area (Å²) < 4.78 is 5.49. The van der Waals surface area contributed by atoms with Gasteiger partial charge in [0.05, 0.1) is 6.61 Å². The summed E-state index contributed by atoms with van der Waals surface area (Å²) in [6.07, 6.45) is 8.07. The molecule has 2 nitrogen and oxygen atoms in total. The van der Waals surface area contributed by atoms with E-state index in [1.165, 1.54) is 44.1 Å². The first-order chi connectivity index (χ1) is 10.2. The van der Waals surface area contributed by atoms with Gasteiger partial charge < -0.3 is 10.1 Å². The van der Waals surface area contributed by atoms with Gasteiger partial charge in [0.15, 0.2) is 0 Å². The second kappa shape index (κ2) is 10.7. The summed E-state index contributed by atoms with van der Waals surface area (Å²) in [5.41, 5.74) is 1.33. The lowest BCUT2D eigenvalue weighted by Crippen LogP contribution is -2.28. The highest BCUT2D eigenvalue weighted by molar-refractivity contribution is 5.28. The Morgan fingerprint density at radius 2 is 1.62 bits per heavy atom. The predicted octanol–water partition coefficient (Wildman–Crippen LogP) is 5.48. The maximum atomic E-state index is 5.49. The van der Waals surface area contributed by atoms with Crippen LogP contribution in [0.3, 0.4) is 0 Å². The highest BCUT2D eigenvalue weighted by Gasteiger charge is 2.09. The number of benzene rings is 1. The molecule has 0 radical (unpaired) electrons. The van der Waals surface area contributed by atoms with Crippen molar-refractivity contribution in [3.05, 3.63) is 29.8 Å². The van der Waals surface area contributed by atoms with Crippen molar-refractivity contribution in [2.45, 2.75) is 78.3 Å². The van der Waals surface area contributed by atoms with E-state index in [-0.39, 0.29) is 0 Å². The largest absolute Gasteiger partial charge is 0.494 e. The Morgan fingerprint density at radius 3 is 2.24 bits per heavy atom. The molecule has 0 saturated carbocycles. The SMILES string of the molecule is CCCCCCCC(C)NC(C)c1ccc(OCC)cc1. The molecule has 1 N–H and O–H groups in total. The zero-order valence-electron chi connectivity index (χ0n) is 14.3. The van der Waals surface area contributed by atoms with Gasteiger partial charge in [-0.15, -0.1) is 0 Å². The van der Waals surface area contributed by atoms with Gasteiger partial charge in [-0.05, 0) is 44.9 Å². The zero-order chi connectivity index (χ0) is 15.5. The summed E-state index contributed by atoms with van der Waals surface area (Å²) in [6, 6.07) is 9.42. The summed E-state index contributed by atoms with van der Waals surface area (Å²) >= 11 is 0. The van der Waals surface area contributed by atoms with Gasteiger partial charge in [-0.25, -0.2) is 0 Å². The summed E-state index contributed by atoms with van der Waals surface area (Å²) in [7, 11) is 0. The van der Waals surface area contributed by atoms with Crippen LogP contribution in [0, 0.1) is 0 Å². The maximum absolute atomic E-state index is 5.49. The lowest BCUT2D eigenvalue weighted by Gasteiger charge is -2.20. The van der Waals surface area contributed by atoms with Crippen molar-refractivity contribution in [3.63, 3.8) is 0 Å². The van der Waals surface area contributed by atoms with Crippen molar-refractivity contribution in [2.75, 3.05) is 6.61 Å². The number of hydrogen-bond acceptors (Lipinski definition) is 2. The Balaban J connectivity index is 2.29. The monoisotopic (exact) mass is 291 g/mol. The number of unbranched alkanes of at least 4 members (excludes halogenated alkanes) is 4. The first-order valence-electron chi connectivity index (χ1n) is 8.66. The van der Waals surface area contributed by atoms with Crippen molar-refractivity contribution in [3.8, 4) is 5.75 Å². The van der Waals surface area contributed by atoms with Crippen LogP contribution < -0.4 is 10.1 Å². The van der Waals surface area contributed by atoms with Gasteiger partial charge in [0.25, 0.3) is 0 Å². The second-order valence-corrected chi connectivity index (χ2v) is 5.99. The molecule has 2 unspecified atom stereocenters. The van der Waals surface area contributed by atoms with Crippen LogP contribution in [0.25, 0.3) is 0 Å². The average Bonchev–Trinajstić information content (AvgIpc) is 2.48. The summed E-state index contributed by atoms with van der Waals surface area (Å²) in [4.78, 5) is 0. The molecule has 21 heavy (non-hydrogen) atoms. The molecule has 1 aromatic rings. The lowest BCUT2D eigenvalue weighted by atomic mass is 10.0. The summed E-state index contributed by atoms with van der Waals surface area (Å²) in [5.74, 6) is 0.956. The van der Waals surface area contributed by atoms with Crippen molar-refractivity contribution in [2.24, 2.45) is 0 Å². The van der Waals surface area contributed by atoms with Gasteiger partial charge in [0.1, 0.15) is 5.75 Å². The molecule has 1 rings (SSSR count). The Bertz CT molecular complexity index is 360.